The Balaban J connectivity index is 2.20. The fourth-order valence-corrected chi connectivity index (χ4v) is 1.02. The van der Waals surface area contributed by atoms with Gasteiger partial charge in [0.1, 0.15) is 6.61 Å². The number of carbonyl (C=O) groups excluding carboxylic acids is 1. The molecular weight excluding hydrogens is 192 g/mol. The molecule has 15 heavy (non-hydrogen) atoms. The third-order valence-corrected chi connectivity index (χ3v) is 1.77. The molecule has 0 saturated heterocycles. The molecule has 80 valence electrons. The lowest BCUT2D eigenvalue weighted by Gasteiger charge is -1.98. The Morgan fingerprint density at radius 2 is 2.07 bits per heavy atom. The summed E-state index contributed by atoms with van der Waals surface area (Å²) in [5.41, 5.74) is 1.11. The van der Waals surface area contributed by atoms with Crippen LogP contribution in [0.15, 0.2) is 36.4 Å². The van der Waals surface area contributed by atoms with Gasteiger partial charge in [0.15, 0.2) is 0 Å². The van der Waals surface area contributed by atoms with Crippen molar-refractivity contribution in [3.05, 3.63) is 42.0 Å². The Bertz CT molecular complexity index is 317. The van der Waals surface area contributed by atoms with E-state index in [4.69, 9.17) is 4.74 Å². The maximum Gasteiger partial charge on any atom is 0.331 e. The predicted octanol–water partition coefficient (Wildman–Crippen LogP) is 1.89. The van der Waals surface area contributed by atoms with Crippen LogP contribution in [0.2, 0.25) is 0 Å². The minimum Gasteiger partial charge on any atom is -0.467 e. The van der Waals surface area contributed by atoms with Crippen molar-refractivity contribution in [3.8, 4) is 0 Å². The number of rotatable bonds is 5. The van der Waals surface area contributed by atoms with Crippen LogP contribution in [0.3, 0.4) is 0 Å². The van der Waals surface area contributed by atoms with Gasteiger partial charge in [-0.25, -0.2) is 4.79 Å². The zero-order valence-electron chi connectivity index (χ0n) is 8.68. The summed E-state index contributed by atoms with van der Waals surface area (Å²) < 4.78 is 9.47. The second-order valence-corrected chi connectivity index (χ2v) is 2.90. The average molecular weight is 206 g/mol. The maximum atomic E-state index is 10.7. The van der Waals surface area contributed by atoms with E-state index in [0.717, 1.165) is 5.56 Å². The number of carbonyl (C=O) groups is 1. The van der Waals surface area contributed by atoms with E-state index in [1.165, 1.54) is 7.11 Å². The molecule has 0 aromatic heterocycles. The van der Waals surface area contributed by atoms with Crippen molar-refractivity contribution in [1.29, 1.82) is 0 Å². The number of esters is 1. The summed E-state index contributed by atoms with van der Waals surface area (Å²) in [4.78, 5) is 10.7. The van der Waals surface area contributed by atoms with Crippen molar-refractivity contribution < 1.29 is 14.3 Å². The molecule has 0 fully saturated rings. The van der Waals surface area contributed by atoms with Gasteiger partial charge < -0.3 is 9.47 Å². The van der Waals surface area contributed by atoms with Crippen molar-refractivity contribution in [2.24, 2.45) is 0 Å². The van der Waals surface area contributed by atoms with E-state index in [0.29, 0.717) is 6.61 Å². The van der Waals surface area contributed by atoms with Crippen LogP contribution in [0.5, 0.6) is 0 Å². The summed E-state index contributed by atoms with van der Waals surface area (Å²) >= 11 is 0. The molecule has 3 nitrogen and oxygen atoms in total. The third kappa shape index (κ3) is 4.98. The summed E-state index contributed by atoms with van der Waals surface area (Å²) in [6.07, 6.45) is 3.80. The predicted molar refractivity (Wildman–Crippen MR) is 58.3 cm³/mol. The van der Waals surface area contributed by atoms with Crippen LogP contribution in [-0.4, -0.2) is 26.3 Å². The zero-order valence-corrected chi connectivity index (χ0v) is 8.68. The van der Waals surface area contributed by atoms with Crippen molar-refractivity contribution >= 4 is 12.0 Å². The van der Waals surface area contributed by atoms with E-state index in [2.05, 4.69) is 4.74 Å². The van der Waals surface area contributed by atoms with Gasteiger partial charge in [-0.3, -0.25) is 0 Å². The van der Waals surface area contributed by atoms with Gasteiger partial charge in [-0.05, 0) is 5.56 Å². The van der Waals surface area contributed by atoms with E-state index < -0.39 is 0 Å². The molecule has 0 N–H and O–H groups in total. The largest absolute Gasteiger partial charge is 0.467 e. The Morgan fingerprint density at radius 3 is 2.73 bits per heavy atom. The molecule has 0 saturated carbocycles. The van der Waals surface area contributed by atoms with Gasteiger partial charge in [-0.2, -0.15) is 0 Å². The van der Waals surface area contributed by atoms with Crippen LogP contribution in [0.4, 0.5) is 0 Å². The smallest absolute Gasteiger partial charge is 0.331 e. The van der Waals surface area contributed by atoms with Crippen LogP contribution in [0, 0.1) is 0 Å². The van der Waals surface area contributed by atoms with Crippen molar-refractivity contribution in [3.63, 3.8) is 0 Å². The van der Waals surface area contributed by atoms with Gasteiger partial charge in [0.05, 0.1) is 13.7 Å². The molecule has 0 bridgehead atoms. The number of hydrogen-bond acceptors (Lipinski definition) is 3. The molecule has 0 heterocycles. The van der Waals surface area contributed by atoms with Gasteiger partial charge >= 0.3 is 5.97 Å². The quantitative estimate of drug-likeness (QED) is 0.545. The monoisotopic (exact) mass is 206 g/mol. The van der Waals surface area contributed by atoms with Crippen molar-refractivity contribution in [2.75, 3.05) is 20.3 Å². The molecule has 1 aromatic carbocycles. The first-order valence-electron chi connectivity index (χ1n) is 4.69. The Labute approximate surface area is 89.3 Å². The van der Waals surface area contributed by atoms with Gasteiger partial charge in [0, 0.05) is 0 Å². The molecule has 0 aliphatic heterocycles. The first-order valence-corrected chi connectivity index (χ1v) is 4.69. The summed E-state index contributed by atoms with van der Waals surface area (Å²) in [6.45, 7) is 0.402. The van der Waals surface area contributed by atoms with Crippen molar-refractivity contribution in [1.82, 2.24) is 0 Å². The Kier molecular flexibility index (Phi) is 5.19. The van der Waals surface area contributed by atoms with Gasteiger partial charge in [-0.15, -0.1) is 0 Å². The molecule has 1 rings (SSSR count). The number of hydrogen-bond donors (Lipinski definition) is 0. The highest BCUT2D eigenvalue weighted by Gasteiger charge is 1.96. The highest BCUT2D eigenvalue weighted by atomic mass is 16.6. The molecule has 0 aliphatic rings. The standard InChI is InChI=1S/C12H14O3/c1-14-12(13)10-15-9-5-8-11-6-3-2-4-7-11/h2-8H,9-10H2,1H3/b8-5+. The SMILES string of the molecule is COC(=O)COC/C=C/c1ccccc1. The van der Waals surface area contributed by atoms with Gasteiger partial charge in [0.2, 0.25) is 0 Å². The maximum absolute atomic E-state index is 10.7. The van der Waals surface area contributed by atoms with E-state index in [1.807, 2.05) is 42.5 Å². The lowest BCUT2D eigenvalue weighted by Crippen LogP contribution is -2.09. The second-order valence-electron chi connectivity index (χ2n) is 2.90. The van der Waals surface area contributed by atoms with Gasteiger partial charge in [-0.1, -0.05) is 42.5 Å². The fourth-order valence-electron chi connectivity index (χ4n) is 1.02. The topological polar surface area (TPSA) is 35.5 Å². The second kappa shape index (κ2) is 6.79. The number of ether oxygens (including phenoxy) is 2. The minimum absolute atomic E-state index is 0.00434. The molecule has 0 atom stereocenters. The molecule has 0 aliphatic carbocycles. The highest BCUT2D eigenvalue weighted by Crippen LogP contribution is 2.00. The highest BCUT2D eigenvalue weighted by molar-refractivity contribution is 5.70. The molecule has 3 heteroatoms. The van der Waals surface area contributed by atoms with E-state index in [9.17, 15) is 4.79 Å². The molecule has 0 radical (unpaired) electrons. The van der Waals surface area contributed by atoms with Crippen molar-refractivity contribution in [2.45, 2.75) is 0 Å². The zero-order chi connectivity index (χ0) is 10.9. The number of methoxy groups -OCH3 is 1. The normalized spacial score (nSPS) is 10.5. The third-order valence-electron chi connectivity index (χ3n) is 1.77. The average Bonchev–Trinajstić information content (AvgIpc) is 2.29. The first kappa shape index (κ1) is 11.5. The molecule has 1 aromatic rings. The Hall–Kier alpha value is -1.61. The molecular formula is C12H14O3. The van der Waals surface area contributed by atoms with Crippen LogP contribution < -0.4 is 0 Å². The fraction of sp³-hybridized carbons (Fsp3) is 0.250. The molecule has 0 spiro atoms. The number of benzene rings is 1. The van der Waals surface area contributed by atoms with E-state index in [1.54, 1.807) is 0 Å². The summed E-state index contributed by atoms with van der Waals surface area (Å²) in [7, 11) is 1.34. The summed E-state index contributed by atoms with van der Waals surface area (Å²) in [5, 5.41) is 0. The molecule has 0 unspecified atom stereocenters. The van der Waals surface area contributed by atoms with Crippen LogP contribution in [0.1, 0.15) is 5.56 Å². The summed E-state index contributed by atoms with van der Waals surface area (Å²) in [5.74, 6) is -0.358. The van der Waals surface area contributed by atoms with Crippen LogP contribution >= 0.6 is 0 Å². The summed E-state index contributed by atoms with van der Waals surface area (Å²) in [6, 6.07) is 9.89. The minimum atomic E-state index is -0.358. The Morgan fingerprint density at radius 1 is 1.33 bits per heavy atom. The van der Waals surface area contributed by atoms with E-state index >= 15 is 0 Å². The lowest BCUT2D eigenvalue weighted by atomic mass is 10.2. The van der Waals surface area contributed by atoms with Gasteiger partial charge in [0.25, 0.3) is 0 Å². The molecule has 0 amide bonds. The lowest BCUT2D eigenvalue weighted by molar-refractivity contribution is -0.145. The van der Waals surface area contributed by atoms with Crippen LogP contribution in [-0.2, 0) is 14.3 Å². The van der Waals surface area contributed by atoms with E-state index in [-0.39, 0.29) is 12.6 Å². The first-order chi connectivity index (χ1) is 7.33. The van der Waals surface area contributed by atoms with Crippen LogP contribution in [0.25, 0.3) is 6.08 Å².